The van der Waals surface area contributed by atoms with Gasteiger partial charge < -0.3 is 19.7 Å². The summed E-state index contributed by atoms with van der Waals surface area (Å²) >= 11 is 0. The first-order chi connectivity index (χ1) is 14.3. The van der Waals surface area contributed by atoms with Crippen molar-refractivity contribution in [3.63, 3.8) is 0 Å². The smallest absolute Gasteiger partial charge is 0.422 e. The Bertz CT molecular complexity index is 838. The summed E-state index contributed by atoms with van der Waals surface area (Å²) in [4.78, 5) is 14.7. The molecule has 30 heavy (non-hydrogen) atoms. The number of carbonyl (C=O) groups is 1. The number of benzene rings is 2. The highest BCUT2D eigenvalue weighted by atomic mass is 19.4. The van der Waals surface area contributed by atoms with Crippen LogP contribution in [-0.2, 0) is 0 Å². The van der Waals surface area contributed by atoms with Crippen LogP contribution in [0, 0.1) is 0 Å². The average molecular weight is 422 g/mol. The van der Waals surface area contributed by atoms with E-state index in [0.717, 1.165) is 29.7 Å². The maximum Gasteiger partial charge on any atom is 0.422 e. The number of likely N-dealkylation sites (tertiary alicyclic amines) is 1. The van der Waals surface area contributed by atoms with E-state index in [4.69, 9.17) is 9.47 Å². The second-order valence-electron chi connectivity index (χ2n) is 7.27. The lowest BCUT2D eigenvalue weighted by molar-refractivity contribution is -0.153. The number of amides is 2. The minimum Gasteiger partial charge on any atom is -0.497 e. The Morgan fingerprint density at radius 3 is 2.37 bits per heavy atom. The number of carbonyl (C=O) groups excluding carboxylic acids is 1. The summed E-state index contributed by atoms with van der Waals surface area (Å²) in [6, 6.07) is 13.5. The topological polar surface area (TPSA) is 50.8 Å². The largest absolute Gasteiger partial charge is 0.497 e. The van der Waals surface area contributed by atoms with Gasteiger partial charge in [0.1, 0.15) is 11.5 Å². The van der Waals surface area contributed by atoms with E-state index in [2.05, 4.69) is 5.32 Å². The molecule has 0 saturated carbocycles. The van der Waals surface area contributed by atoms with E-state index in [9.17, 15) is 18.0 Å². The Morgan fingerprint density at radius 2 is 1.77 bits per heavy atom. The molecule has 0 aromatic heterocycles. The van der Waals surface area contributed by atoms with E-state index in [1.54, 1.807) is 19.2 Å². The van der Waals surface area contributed by atoms with Crippen LogP contribution < -0.4 is 14.8 Å². The van der Waals surface area contributed by atoms with Crippen LogP contribution >= 0.6 is 0 Å². The number of hydrogen-bond donors (Lipinski definition) is 1. The minimum atomic E-state index is -4.38. The third kappa shape index (κ3) is 5.58. The zero-order chi connectivity index (χ0) is 21.7. The fraction of sp³-hybridized carbons (Fsp3) is 0.409. The molecular weight excluding hydrogens is 397 g/mol. The summed E-state index contributed by atoms with van der Waals surface area (Å²) in [5.74, 6) is 0.901. The van der Waals surface area contributed by atoms with Gasteiger partial charge in [-0.1, -0.05) is 24.3 Å². The molecule has 0 aliphatic carbocycles. The van der Waals surface area contributed by atoms with Gasteiger partial charge in [-0.05, 0) is 55.2 Å². The predicted octanol–water partition coefficient (Wildman–Crippen LogP) is 5.24. The SMILES string of the molecule is COc1ccc(C2CCCN2C(=O)NC(C)c2ccc(OCC(F)(F)F)cc2)cc1. The van der Waals surface area contributed by atoms with Crippen LogP contribution in [0.1, 0.15) is 43.0 Å². The van der Waals surface area contributed by atoms with Crippen LogP contribution in [0.2, 0.25) is 0 Å². The fourth-order valence-corrected chi connectivity index (χ4v) is 3.55. The summed E-state index contributed by atoms with van der Waals surface area (Å²) < 4.78 is 46.7. The monoisotopic (exact) mass is 422 g/mol. The van der Waals surface area contributed by atoms with Gasteiger partial charge in [0, 0.05) is 6.54 Å². The van der Waals surface area contributed by atoms with E-state index in [1.807, 2.05) is 36.1 Å². The van der Waals surface area contributed by atoms with Crippen molar-refractivity contribution >= 4 is 6.03 Å². The summed E-state index contributed by atoms with van der Waals surface area (Å²) in [5, 5.41) is 2.98. The normalized spacial score (nSPS) is 17.5. The fourth-order valence-electron chi connectivity index (χ4n) is 3.55. The van der Waals surface area contributed by atoms with Crippen molar-refractivity contribution in [2.24, 2.45) is 0 Å². The van der Waals surface area contributed by atoms with Crippen molar-refractivity contribution in [3.05, 3.63) is 59.7 Å². The molecule has 2 amide bonds. The van der Waals surface area contributed by atoms with Gasteiger partial charge in [0.15, 0.2) is 6.61 Å². The summed E-state index contributed by atoms with van der Waals surface area (Å²) in [6.45, 7) is 1.17. The molecule has 2 unspecified atom stereocenters. The highest BCUT2D eigenvalue weighted by Crippen LogP contribution is 2.33. The third-order valence-corrected chi connectivity index (χ3v) is 5.14. The average Bonchev–Trinajstić information content (AvgIpc) is 3.22. The Morgan fingerprint density at radius 1 is 1.13 bits per heavy atom. The van der Waals surface area contributed by atoms with Crippen LogP contribution in [-0.4, -0.2) is 37.4 Å². The molecule has 2 atom stereocenters. The molecule has 1 saturated heterocycles. The molecule has 0 spiro atoms. The molecule has 1 aliphatic rings. The van der Waals surface area contributed by atoms with E-state index in [0.29, 0.717) is 6.54 Å². The van der Waals surface area contributed by atoms with Crippen LogP contribution in [0.25, 0.3) is 0 Å². The van der Waals surface area contributed by atoms with Crippen molar-refractivity contribution in [2.75, 3.05) is 20.3 Å². The summed E-state index contributed by atoms with van der Waals surface area (Å²) in [5.41, 5.74) is 1.84. The Kier molecular flexibility index (Phi) is 6.74. The Balaban J connectivity index is 1.60. The molecule has 3 rings (SSSR count). The maximum absolute atomic E-state index is 12.9. The van der Waals surface area contributed by atoms with Gasteiger partial charge in [-0.3, -0.25) is 0 Å². The van der Waals surface area contributed by atoms with Crippen molar-refractivity contribution in [2.45, 2.75) is 38.0 Å². The van der Waals surface area contributed by atoms with Crippen LogP contribution in [0.4, 0.5) is 18.0 Å². The number of ether oxygens (including phenoxy) is 2. The van der Waals surface area contributed by atoms with Crippen molar-refractivity contribution in [3.8, 4) is 11.5 Å². The van der Waals surface area contributed by atoms with Crippen LogP contribution in [0.5, 0.6) is 11.5 Å². The van der Waals surface area contributed by atoms with Gasteiger partial charge in [-0.2, -0.15) is 13.2 Å². The molecule has 1 aliphatic heterocycles. The number of methoxy groups -OCH3 is 1. The zero-order valence-electron chi connectivity index (χ0n) is 16.9. The molecule has 2 aromatic rings. The van der Waals surface area contributed by atoms with Crippen LogP contribution in [0.15, 0.2) is 48.5 Å². The molecule has 0 bridgehead atoms. The number of nitrogens with zero attached hydrogens (tertiary/aromatic N) is 1. The van der Waals surface area contributed by atoms with Crippen LogP contribution in [0.3, 0.4) is 0 Å². The van der Waals surface area contributed by atoms with Crippen molar-refractivity contribution in [1.82, 2.24) is 10.2 Å². The highest BCUT2D eigenvalue weighted by Gasteiger charge is 2.31. The number of hydrogen-bond acceptors (Lipinski definition) is 3. The maximum atomic E-state index is 12.9. The molecule has 8 heteroatoms. The number of nitrogens with one attached hydrogen (secondary N) is 1. The lowest BCUT2D eigenvalue weighted by atomic mass is 10.0. The van der Waals surface area contributed by atoms with Gasteiger partial charge in [0.05, 0.1) is 19.2 Å². The van der Waals surface area contributed by atoms with Gasteiger partial charge >= 0.3 is 12.2 Å². The molecule has 162 valence electrons. The molecule has 2 aromatic carbocycles. The first-order valence-corrected chi connectivity index (χ1v) is 9.77. The van der Waals surface area contributed by atoms with Gasteiger partial charge in [-0.15, -0.1) is 0 Å². The van der Waals surface area contributed by atoms with E-state index < -0.39 is 12.8 Å². The molecular formula is C22H25F3N2O3. The molecule has 1 N–H and O–H groups in total. The standard InChI is InChI=1S/C22H25F3N2O3/c1-15(16-5-11-19(12-6-16)30-14-22(23,24)25)26-21(28)27-13-3-4-20(27)17-7-9-18(29-2)10-8-17/h5-12,15,20H,3-4,13-14H2,1-2H3,(H,26,28). The van der Waals surface area contributed by atoms with E-state index >= 15 is 0 Å². The second kappa shape index (κ2) is 9.28. The first-order valence-electron chi connectivity index (χ1n) is 9.77. The van der Waals surface area contributed by atoms with Crippen molar-refractivity contribution in [1.29, 1.82) is 0 Å². The number of rotatable bonds is 6. The zero-order valence-corrected chi connectivity index (χ0v) is 16.9. The molecule has 0 radical (unpaired) electrons. The Labute approximate surface area is 173 Å². The van der Waals surface area contributed by atoms with E-state index in [-0.39, 0.29) is 23.9 Å². The van der Waals surface area contributed by atoms with Gasteiger partial charge in [0.25, 0.3) is 0 Å². The Hall–Kier alpha value is -2.90. The summed E-state index contributed by atoms with van der Waals surface area (Å²) in [7, 11) is 1.61. The van der Waals surface area contributed by atoms with Gasteiger partial charge in [0.2, 0.25) is 0 Å². The quantitative estimate of drug-likeness (QED) is 0.692. The molecule has 1 heterocycles. The number of halogens is 3. The summed E-state index contributed by atoms with van der Waals surface area (Å²) in [6.07, 6.45) is -2.57. The van der Waals surface area contributed by atoms with Crippen molar-refractivity contribution < 1.29 is 27.4 Å². The second-order valence-corrected chi connectivity index (χ2v) is 7.27. The van der Waals surface area contributed by atoms with E-state index in [1.165, 1.54) is 12.1 Å². The highest BCUT2D eigenvalue weighted by molar-refractivity contribution is 5.75. The molecule has 1 fully saturated rings. The lowest BCUT2D eigenvalue weighted by Crippen LogP contribution is -2.40. The lowest BCUT2D eigenvalue weighted by Gasteiger charge is -2.27. The number of alkyl halides is 3. The minimum absolute atomic E-state index is 0.00116. The predicted molar refractivity (Wildman–Crippen MR) is 107 cm³/mol. The first kappa shape index (κ1) is 21.8. The van der Waals surface area contributed by atoms with Gasteiger partial charge in [-0.25, -0.2) is 4.79 Å². The number of urea groups is 1. The third-order valence-electron chi connectivity index (χ3n) is 5.14. The molecule has 5 nitrogen and oxygen atoms in total.